The number of rotatable bonds is 5. The Morgan fingerprint density at radius 1 is 1.30 bits per heavy atom. The zero-order valence-corrected chi connectivity index (χ0v) is 12.2. The largest absolute Gasteiger partial charge is 0.391 e. The molecule has 0 bridgehead atoms. The zero-order chi connectivity index (χ0) is 14.4. The summed E-state index contributed by atoms with van der Waals surface area (Å²) in [5, 5.41) is 12.7. The van der Waals surface area contributed by atoms with E-state index in [-0.39, 0.29) is 17.8 Å². The molecule has 1 saturated carbocycles. The maximum Gasteiger partial charge on any atom is 0.230 e. The molecular weight excluding hydrogens is 277 g/mol. The molecule has 1 aromatic rings. The Morgan fingerprint density at radius 2 is 2.00 bits per heavy atom. The van der Waals surface area contributed by atoms with Crippen molar-refractivity contribution in [1.82, 2.24) is 5.32 Å². The van der Waals surface area contributed by atoms with E-state index in [4.69, 9.17) is 0 Å². The number of hydrogen-bond acceptors (Lipinski definition) is 3. The van der Waals surface area contributed by atoms with Crippen LogP contribution < -0.4 is 5.32 Å². The number of hydrogen-bond donors (Lipinski definition) is 2. The van der Waals surface area contributed by atoms with Crippen molar-refractivity contribution in [3.8, 4) is 0 Å². The summed E-state index contributed by atoms with van der Waals surface area (Å²) >= 11 is 1.49. The number of aliphatic hydroxyl groups excluding tert-OH is 1. The van der Waals surface area contributed by atoms with Gasteiger partial charge < -0.3 is 10.4 Å². The molecule has 1 fully saturated rings. The van der Waals surface area contributed by atoms with E-state index in [1.165, 1.54) is 23.9 Å². The van der Waals surface area contributed by atoms with E-state index in [0.717, 1.165) is 31.2 Å². The Kier molecular flexibility index (Phi) is 5.86. The summed E-state index contributed by atoms with van der Waals surface area (Å²) in [7, 11) is 0. The molecular formula is C15H20FNO2S. The van der Waals surface area contributed by atoms with Gasteiger partial charge in [-0.1, -0.05) is 25.0 Å². The van der Waals surface area contributed by atoms with Crippen LogP contribution in [0.2, 0.25) is 0 Å². The van der Waals surface area contributed by atoms with Gasteiger partial charge in [-0.2, -0.15) is 0 Å². The van der Waals surface area contributed by atoms with Crippen LogP contribution in [0.15, 0.2) is 24.3 Å². The lowest BCUT2D eigenvalue weighted by Gasteiger charge is -2.28. The molecule has 1 aliphatic rings. The van der Waals surface area contributed by atoms with E-state index >= 15 is 0 Å². The van der Waals surface area contributed by atoms with Crippen LogP contribution in [0.25, 0.3) is 0 Å². The number of nitrogens with one attached hydrogen (secondary N) is 1. The van der Waals surface area contributed by atoms with Gasteiger partial charge in [-0.25, -0.2) is 4.39 Å². The highest BCUT2D eigenvalue weighted by Gasteiger charge is 2.24. The third-order valence-electron chi connectivity index (χ3n) is 3.49. The Hall–Kier alpha value is -1.07. The molecule has 0 saturated heterocycles. The average molecular weight is 297 g/mol. The van der Waals surface area contributed by atoms with Crippen LogP contribution in [0.5, 0.6) is 0 Å². The number of benzene rings is 1. The Bertz CT molecular complexity index is 438. The average Bonchev–Trinajstić information content (AvgIpc) is 2.44. The zero-order valence-electron chi connectivity index (χ0n) is 11.3. The molecule has 1 aromatic carbocycles. The third-order valence-corrected chi connectivity index (χ3v) is 4.49. The molecule has 0 radical (unpaired) electrons. The van der Waals surface area contributed by atoms with E-state index in [2.05, 4.69) is 5.32 Å². The quantitative estimate of drug-likeness (QED) is 0.878. The van der Waals surface area contributed by atoms with Gasteiger partial charge in [0, 0.05) is 5.75 Å². The van der Waals surface area contributed by atoms with Crippen molar-refractivity contribution < 1.29 is 14.3 Å². The van der Waals surface area contributed by atoms with Gasteiger partial charge in [0.25, 0.3) is 0 Å². The number of halogens is 1. The van der Waals surface area contributed by atoms with Crippen LogP contribution in [0, 0.1) is 5.82 Å². The molecule has 0 unspecified atom stereocenters. The number of thioether (sulfide) groups is 1. The maximum absolute atomic E-state index is 12.7. The fraction of sp³-hybridized carbons (Fsp3) is 0.533. The smallest absolute Gasteiger partial charge is 0.230 e. The Balaban J connectivity index is 1.68. The molecule has 5 heteroatoms. The summed E-state index contributed by atoms with van der Waals surface area (Å²) in [6, 6.07) is 6.21. The van der Waals surface area contributed by atoms with Crippen molar-refractivity contribution in [3.05, 3.63) is 35.6 Å². The van der Waals surface area contributed by atoms with Crippen LogP contribution in [0.3, 0.4) is 0 Å². The highest BCUT2D eigenvalue weighted by molar-refractivity contribution is 7.99. The van der Waals surface area contributed by atoms with Crippen LogP contribution in [-0.4, -0.2) is 28.9 Å². The first kappa shape index (κ1) is 15.3. The van der Waals surface area contributed by atoms with Crippen molar-refractivity contribution in [1.29, 1.82) is 0 Å². The SMILES string of the molecule is O=C(CSCc1ccc(F)cc1)N[C@H]1CCCC[C@@H]1O. The van der Waals surface area contributed by atoms with Crippen LogP contribution in [0.4, 0.5) is 4.39 Å². The van der Waals surface area contributed by atoms with Crippen molar-refractivity contribution in [2.75, 3.05) is 5.75 Å². The van der Waals surface area contributed by atoms with E-state index in [1.54, 1.807) is 12.1 Å². The minimum atomic E-state index is -0.408. The molecule has 2 N–H and O–H groups in total. The van der Waals surface area contributed by atoms with Gasteiger partial charge in [-0.15, -0.1) is 11.8 Å². The highest BCUT2D eigenvalue weighted by atomic mass is 32.2. The molecule has 1 amide bonds. The van der Waals surface area contributed by atoms with Gasteiger partial charge in [0.2, 0.25) is 5.91 Å². The fourth-order valence-corrected chi connectivity index (χ4v) is 3.17. The highest BCUT2D eigenvalue weighted by Crippen LogP contribution is 2.19. The minimum Gasteiger partial charge on any atom is -0.391 e. The predicted octanol–water partition coefficient (Wildman–Crippen LogP) is 2.48. The predicted molar refractivity (Wildman–Crippen MR) is 79.0 cm³/mol. The van der Waals surface area contributed by atoms with Gasteiger partial charge in [-0.3, -0.25) is 4.79 Å². The molecule has 2 atom stereocenters. The standard InChI is InChI=1S/C15H20FNO2S/c16-12-7-5-11(6-8-12)9-20-10-15(19)17-13-3-1-2-4-14(13)18/h5-8,13-14,18H,1-4,9-10H2,(H,17,19)/t13-,14-/m0/s1. The summed E-state index contributed by atoms with van der Waals surface area (Å²) in [6.45, 7) is 0. The van der Waals surface area contributed by atoms with E-state index < -0.39 is 6.10 Å². The molecule has 110 valence electrons. The summed E-state index contributed by atoms with van der Waals surface area (Å²) in [6.07, 6.45) is 3.32. The van der Waals surface area contributed by atoms with Crippen molar-refractivity contribution >= 4 is 17.7 Å². The van der Waals surface area contributed by atoms with E-state index in [9.17, 15) is 14.3 Å². The second kappa shape index (κ2) is 7.64. The summed E-state index contributed by atoms with van der Waals surface area (Å²) < 4.78 is 12.7. The second-order valence-corrected chi connectivity index (χ2v) is 6.13. The van der Waals surface area contributed by atoms with Crippen molar-refractivity contribution in [2.45, 2.75) is 43.6 Å². The van der Waals surface area contributed by atoms with Crippen LogP contribution in [-0.2, 0) is 10.5 Å². The molecule has 20 heavy (non-hydrogen) atoms. The number of carbonyl (C=O) groups is 1. The van der Waals surface area contributed by atoms with Crippen LogP contribution >= 0.6 is 11.8 Å². The van der Waals surface area contributed by atoms with Crippen molar-refractivity contribution in [2.24, 2.45) is 0 Å². The second-order valence-electron chi connectivity index (χ2n) is 5.15. The topological polar surface area (TPSA) is 49.3 Å². The van der Waals surface area contributed by atoms with Crippen LogP contribution in [0.1, 0.15) is 31.2 Å². The lowest BCUT2D eigenvalue weighted by Crippen LogP contribution is -2.45. The lowest BCUT2D eigenvalue weighted by molar-refractivity contribution is -0.120. The van der Waals surface area contributed by atoms with Crippen molar-refractivity contribution in [3.63, 3.8) is 0 Å². The number of amides is 1. The summed E-state index contributed by atoms with van der Waals surface area (Å²) in [5.41, 5.74) is 1.00. The van der Waals surface area contributed by atoms with Gasteiger partial charge in [0.05, 0.1) is 17.9 Å². The first-order chi connectivity index (χ1) is 9.65. The Morgan fingerprint density at radius 3 is 2.70 bits per heavy atom. The molecule has 2 rings (SSSR count). The molecule has 0 heterocycles. The normalized spacial score (nSPS) is 22.5. The summed E-state index contributed by atoms with van der Waals surface area (Å²) in [5.74, 6) is 0.757. The first-order valence-corrected chi connectivity index (χ1v) is 8.10. The third kappa shape index (κ3) is 4.80. The molecule has 3 nitrogen and oxygen atoms in total. The van der Waals surface area contributed by atoms with Gasteiger partial charge in [0.1, 0.15) is 5.82 Å². The van der Waals surface area contributed by atoms with Gasteiger partial charge in [-0.05, 0) is 30.5 Å². The first-order valence-electron chi connectivity index (χ1n) is 6.95. The van der Waals surface area contributed by atoms with E-state index in [0.29, 0.717) is 11.5 Å². The number of carbonyl (C=O) groups excluding carboxylic acids is 1. The Labute approximate surface area is 123 Å². The summed E-state index contributed by atoms with van der Waals surface area (Å²) in [4.78, 5) is 11.8. The molecule has 0 aliphatic heterocycles. The fourth-order valence-electron chi connectivity index (χ4n) is 2.37. The monoisotopic (exact) mass is 297 g/mol. The van der Waals surface area contributed by atoms with Gasteiger partial charge in [0.15, 0.2) is 0 Å². The molecule has 1 aliphatic carbocycles. The maximum atomic E-state index is 12.7. The van der Waals surface area contributed by atoms with E-state index in [1.807, 2.05) is 0 Å². The number of aliphatic hydroxyl groups is 1. The van der Waals surface area contributed by atoms with Gasteiger partial charge >= 0.3 is 0 Å². The molecule has 0 spiro atoms. The lowest BCUT2D eigenvalue weighted by atomic mass is 9.93. The minimum absolute atomic E-state index is 0.0388. The molecule has 0 aromatic heterocycles.